The van der Waals surface area contributed by atoms with E-state index in [0.717, 1.165) is 22.6 Å². The van der Waals surface area contributed by atoms with Crippen LogP contribution in [0, 0.1) is 13.8 Å². The van der Waals surface area contributed by atoms with Crippen LogP contribution < -0.4 is 15.4 Å². The van der Waals surface area contributed by atoms with Gasteiger partial charge in [0.05, 0.1) is 26.0 Å². The predicted molar refractivity (Wildman–Crippen MR) is 89.5 cm³/mol. The molecule has 0 aliphatic heterocycles. The molecule has 0 atom stereocenters. The van der Waals surface area contributed by atoms with Gasteiger partial charge < -0.3 is 20.1 Å². The minimum atomic E-state index is 0.474. The molecule has 0 unspecified atom stereocenters. The van der Waals surface area contributed by atoms with Crippen molar-refractivity contribution in [3.63, 3.8) is 0 Å². The van der Waals surface area contributed by atoms with Crippen LogP contribution >= 0.6 is 0 Å². The molecule has 0 aliphatic carbocycles. The molecule has 1 aromatic heterocycles. The maximum Gasteiger partial charge on any atom is 0.191 e. The van der Waals surface area contributed by atoms with E-state index < -0.39 is 0 Å². The Bertz CT molecular complexity index is 515. The van der Waals surface area contributed by atoms with E-state index in [1.54, 1.807) is 20.3 Å². The number of pyridine rings is 1. The van der Waals surface area contributed by atoms with Crippen LogP contribution in [-0.2, 0) is 11.3 Å². The van der Waals surface area contributed by atoms with E-state index in [2.05, 4.69) is 27.2 Å². The molecule has 1 rings (SSSR count). The fraction of sp³-hybridized carbons (Fsp3) is 0.500. The van der Waals surface area contributed by atoms with Crippen molar-refractivity contribution in [2.45, 2.75) is 20.4 Å². The second kappa shape index (κ2) is 9.78. The second-order valence-electron chi connectivity index (χ2n) is 4.80. The molecule has 1 aromatic rings. The van der Waals surface area contributed by atoms with Gasteiger partial charge in [-0.3, -0.25) is 4.98 Å². The lowest BCUT2D eigenvalue weighted by atomic mass is 10.1. The summed E-state index contributed by atoms with van der Waals surface area (Å²) in [6.07, 6.45) is 3.60. The van der Waals surface area contributed by atoms with Crippen LogP contribution in [0.3, 0.4) is 0 Å². The molecule has 2 N–H and O–H groups in total. The highest BCUT2D eigenvalue weighted by molar-refractivity contribution is 5.79. The standard InChI is InChI=1S/C16H26N4O2/c1-6-7-17-16(18-8-9-21-4)20-11-14-13(3)15(22-5)12(2)10-19-14/h6,10H,1,7-9,11H2,2-5H3,(H2,17,18,20). The quantitative estimate of drug-likeness (QED) is 0.330. The van der Waals surface area contributed by atoms with Crippen molar-refractivity contribution in [3.05, 3.63) is 35.7 Å². The first-order valence-corrected chi connectivity index (χ1v) is 7.25. The Morgan fingerprint density at radius 3 is 2.77 bits per heavy atom. The van der Waals surface area contributed by atoms with Gasteiger partial charge in [-0.15, -0.1) is 6.58 Å². The van der Waals surface area contributed by atoms with E-state index in [0.29, 0.717) is 32.2 Å². The van der Waals surface area contributed by atoms with E-state index >= 15 is 0 Å². The first kappa shape index (κ1) is 18.0. The molecule has 0 saturated carbocycles. The fourth-order valence-corrected chi connectivity index (χ4v) is 2.00. The summed E-state index contributed by atoms with van der Waals surface area (Å²) in [7, 11) is 3.34. The first-order valence-electron chi connectivity index (χ1n) is 7.25. The average molecular weight is 306 g/mol. The summed E-state index contributed by atoms with van der Waals surface area (Å²) < 4.78 is 10.4. The third-order valence-electron chi connectivity index (χ3n) is 3.15. The van der Waals surface area contributed by atoms with Crippen molar-refractivity contribution in [2.75, 3.05) is 33.9 Å². The number of nitrogens with one attached hydrogen (secondary N) is 2. The fourth-order valence-electron chi connectivity index (χ4n) is 2.00. The molecular weight excluding hydrogens is 280 g/mol. The molecule has 0 spiro atoms. The monoisotopic (exact) mass is 306 g/mol. The minimum absolute atomic E-state index is 0.474. The van der Waals surface area contributed by atoms with Crippen LogP contribution in [0.1, 0.15) is 16.8 Å². The maximum absolute atomic E-state index is 5.42. The molecule has 0 saturated heterocycles. The van der Waals surface area contributed by atoms with E-state index in [9.17, 15) is 0 Å². The Labute approximate surface area is 132 Å². The lowest BCUT2D eigenvalue weighted by Crippen LogP contribution is -2.39. The highest BCUT2D eigenvalue weighted by atomic mass is 16.5. The molecule has 0 amide bonds. The highest BCUT2D eigenvalue weighted by Crippen LogP contribution is 2.24. The Balaban J connectivity index is 2.82. The van der Waals surface area contributed by atoms with Gasteiger partial charge in [0.25, 0.3) is 0 Å². The van der Waals surface area contributed by atoms with Crippen molar-refractivity contribution >= 4 is 5.96 Å². The summed E-state index contributed by atoms with van der Waals surface area (Å²) in [4.78, 5) is 8.99. The van der Waals surface area contributed by atoms with Crippen LogP contribution in [0.15, 0.2) is 23.8 Å². The molecule has 122 valence electrons. The molecule has 0 bridgehead atoms. The normalized spacial score (nSPS) is 11.2. The van der Waals surface area contributed by atoms with Crippen LogP contribution in [-0.4, -0.2) is 44.9 Å². The zero-order chi connectivity index (χ0) is 16.4. The van der Waals surface area contributed by atoms with Gasteiger partial charge in [0.1, 0.15) is 5.75 Å². The minimum Gasteiger partial charge on any atom is -0.496 e. The zero-order valence-corrected chi connectivity index (χ0v) is 13.9. The molecule has 6 nitrogen and oxygen atoms in total. The van der Waals surface area contributed by atoms with E-state index in [4.69, 9.17) is 9.47 Å². The number of rotatable bonds is 8. The number of aryl methyl sites for hydroxylation is 1. The number of ether oxygens (including phenoxy) is 2. The topological polar surface area (TPSA) is 67.8 Å². The van der Waals surface area contributed by atoms with Gasteiger partial charge in [-0.05, 0) is 13.8 Å². The number of guanidine groups is 1. The zero-order valence-electron chi connectivity index (χ0n) is 13.9. The lowest BCUT2D eigenvalue weighted by molar-refractivity contribution is 0.203. The van der Waals surface area contributed by atoms with Gasteiger partial charge >= 0.3 is 0 Å². The summed E-state index contributed by atoms with van der Waals surface area (Å²) >= 11 is 0. The number of methoxy groups -OCH3 is 2. The number of hydrogen-bond donors (Lipinski definition) is 2. The second-order valence-corrected chi connectivity index (χ2v) is 4.80. The van der Waals surface area contributed by atoms with Gasteiger partial charge in [-0.25, -0.2) is 4.99 Å². The molecule has 6 heteroatoms. The Hall–Kier alpha value is -2.08. The Morgan fingerprint density at radius 1 is 1.36 bits per heavy atom. The van der Waals surface area contributed by atoms with Crippen molar-refractivity contribution in [3.8, 4) is 5.75 Å². The number of aromatic nitrogens is 1. The highest BCUT2D eigenvalue weighted by Gasteiger charge is 2.09. The van der Waals surface area contributed by atoms with Gasteiger partial charge in [0.2, 0.25) is 0 Å². The number of aliphatic imine (C=N–C) groups is 1. The van der Waals surface area contributed by atoms with Crippen LogP contribution in [0.4, 0.5) is 0 Å². The molecule has 0 fully saturated rings. The van der Waals surface area contributed by atoms with E-state index in [1.807, 2.05) is 20.0 Å². The molecule has 22 heavy (non-hydrogen) atoms. The third-order valence-corrected chi connectivity index (χ3v) is 3.15. The summed E-state index contributed by atoms with van der Waals surface area (Å²) in [5.41, 5.74) is 2.94. The summed E-state index contributed by atoms with van der Waals surface area (Å²) in [5.74, 6) is 1.57. The molecule has 0 radical (unpaired) electrons. The van der Waals surface area contributed by atoms with E-state index in [-0.39, 0.29) is 0 Å². The lowest BCUT2D eigenvalue weighted by Gasteiger charge is -2.13. The number of hydrogen-bond acceptors (Lipinski definition) is 4. The largest absolute Gasteiger partial charge is 0.496 e. The van der Waals surface area contributed by atoms with Gasteiger partial charge in [0, 0.05) is 37.5 Å². The summed E-state index contributed by atoms with van der Waals surface area (Å²) in [6.45, 7) is 10.1. The number of nitrogens with zero attached hydrogens (tertiary/aromatic N) is 2. The predicted octanol–water partition coefficient (Wildman–Crippen LogP) is 1.57. The van der Waals surface area contributed by atoms with Crippen molar-refractivity contribution in [2.24, 2.45) is 4.99 Å². The van der Waals surface area contributed by atoms with Gasteiger partial charge in [0.15, 0.2) is 5.96 Å². The van der Waals surface area contributed by atoms with Crippen molar-refractivity contribution in [1.29, 1.82) is 0 Å². The van der Waals surface area contributed by atoms with E-state index in [1.165, 1.54) is 0 Å². The Kier molecular flexibility index (Phi) is 7.99. The summed E-state index contributed by atoms with van der Waals surface area (Å²) in [6, 6.07) is 0. The SMILES string of the molecule is C=CCNC(=NCc1ncc(C)c(OC)c1C)NCCOC. The third kappa shape index (κ3) is 5.37. The van der Waals surface area contributed by atoms with Gasteiger partial charge in [-0.1, -0.05) is 6.08 Å². The average Bonchev–Trinajstić information content (AvgIpc) is 2.51. The molecule has 1 heterocycles. The molecule has 0 aromatic carbocycles. The first-order chi connectivity index (χ1) is 10.6. The maximum atomic E-state index is 5.42. The van der Waals surface area contributed by atoms with Crippen LogP contribution in [0.2, 0.25) is 0 Å². The molecular formula is C16H26N4O2. The van der Waals surface area contributed by atoms with Crippen LogP contribution in [0.25, 0.3) is 0 Å². The van der Waals surface area contributed by atoms with Crippen LogP contribution in [0.5, 0.6) is 5.75 Å². The summed E-state index contributed by atoms with van der Waals surface area (Å²) in [5, 5.41) is 6.36. The van der Waals surface area contributed by atoms with Crippen molar-refractivity contribution < 1.29 is 9.47 Å². The Morgan fingerprint density at radius 2 is 2.14 bits per heavy atom. The van der Waals surface area contributed by atoms with Crippen molar-refractivity contribution in [1.82, 2.24) is 15.6 Å². The molecule has 0 aliphatic rings. The van der Waals surface area contributed by atoms with Gasteiger partial charge in [-0.2, -0.15) is 0 Å². The smallest absolute Gasteiger partial charge is 0.191 e.